The van der Waals surface area contributed by atoms with Gasteiger partial charge < -0.3 is 10.1 Å². The number of amides is 2. The third kappa shape index (κ3) is 6.66. The molecule has 0 saturated heterocycles. The highest BCUT2D eigenvalue weighted by atomic mass is 16.5. The van der Waals surface area contributed by atoms with E-state index in [9.17, 15) is 9.59 Å². The van der Waals surface area contributed by atoms with Gasteiger partial charge in [0.2, 0.25) is 0 Å². The van der Waals surface area contributed by atoms with Crippen molar-refractivity contribution in [2.45, 2.75) is 27.7 Å². The Morgan fingerprint density at radius 1 is 1.04 bits per heavy atom. The Morgan fingerprint density at radius 2 is 1.81 bits per heavy atom. The monoisotopic (exact) mass is 369 g/mol. The van der Waals surface area contributed by atoms with Crippen LogP contribution in [0.1, 0.15) is 35.3 Å². The molecule has 0 aliphatic rings. The molecular formula is C21H27N3O3. The molecule has 0 spiro atoms. The van der Waals surface area contributed by atoms with Gasteiger partial charge in [-0.05, 0) is 49.6 Å². The molecule has 0 aliphatic carbocycles. The van der Waals surface area contributed by atoms with Gasteiger partial charge in [-0.3, -0.25) is 20.4 Å². The van der Waals surface area contributed by atoms with Crippen LogP contribution < -0.4 is 20.9 Å². The maximum absolute atomic E-state index is 12.2. The zero-order valence-corrected chi connectivity index (χ0v) is 16.3. The molecular weight excluding hydrogens is 342 g/mol. The lowest BCUT2D eigenvalue weighted by Crippen LogP contribution is -2.44. The van der Waals surface area contributed by atoms with Crippen LogP contribution in [0.25, 0.3) is 0 Å². The number of nitrogens with one attached hydrogen (secondary N) is 3. The van der Waals surface area contributed by atoms with Crippen molar-refractivity contribution in [3.05, 3.63) is 59.2 Å². The summed E-state index contributed by atoms with van der Waals surface area (Å²) >= 11 is 0. The van der Waals surface area contributed by atoms with Crippen LogP contribution in [-0.4, -0.2) is 25.0 Å². The van der Waals surface area contributed by atoms with E-state index < -0.39 is 5.91 Å². The largest absolute Gasteiger partial charge is 0.493 e. The fourth-order valence-corrected chi connectivity index (χ4v) is 2.42. The van der Waals surface area contributed by atoms with E-state index in [-0.39, 0.29) is 12.5 Å². The average molecular weight is 369 g/mol. The van der Waals surface area contributed by atoms with Crippen LogP contribution >= 0.6 is 0 Å². The summed E-state index contributed by atoms with van der Waals surface area (Å²) in [5, 5.41) is 3.06. The highest BCUT2D eigenvalue weighted by Crippen LogP contribution is 2.16. The second-order valence-electron chi connectivity index (χ2n) is 6.91. The van der Waals surface area contributed by atoms with Crippen molar-refractivity contribution in [1.29, 1.82) is 0 Å². The molecule has 0 heterocycles. The molecule has 0 unspecified atom stereocenters. The third-order valence-corrected chi connectivity index (χ3v) is 3.82. The van der Waals surface area contributed by atoms with E-state index >= 15 is 0 Å². The lowest BCUT2D eigenvalue weighted by Gasteiger charge is -2.12. The Balaban J connectivity index is 1.82. The number of hydrogen-bond acceptors (Lipinski definition) is 4. The number of hydrogen-bond donors (Lipinski definition) is 3. The molecule has 0 aromatic heterocycles. The van der Waals surface area contributed by atoms with Crippen LogP contribution in [0.4, 0.5) is 5.69 Å². The minimum atomic E-state index is -0.398. The molecule has 2 aromatic rings. The Bertz CT molecular complexity index is 803. The number of aryl methyl sites for hydroxylation is 2. The van der Waals surface area contributed by atoms with E-state index in [0.29, 0.717) is 23.8 Å². The first-order chi connectivity index (χ1) is 12.8. The summed E-state index contributed by atoms with van der Waals surface area (Å²) in [6.45, 7) is 8.73. The van der Waals surface area contributed by atoms with Crippen LogP contribution in [-0.2, 0) is 4.79 Å². The number of carbonyl (C=O) groups is 2. The topological polar surface area (TPSA) is 79.5 Å². The summed E-state index contributed by atoms with van der Waals surface area (Å²) in [5.74, 6) is 0.283. The number of rotatable bonds is 7. The van der Waals surface area contributed by atoms with Crippen molar-refractivity contribution in [1.82, 2.24) is 10.9 Å². The van der Waals surface area contributed by atoms with Gasteiger partial charge in [0.25, 0.3) is 11.8 Å². The first-order valence-corrected chi connectivity index (χ1v) is 8.98. The number of hydrazine groups is 1. The molecule has 2 amide bonds. The third-order valence-electron chi connectivity index (χ3n) is 3.82. The summed E-state index contributed by atoms with van der Waals surface area (Å²) in [6, 6.07) is 12.8. The molecule has 6 heteroatoms. The normalized spacial score (nSPS) is 10.4. The summed E-state index contributed by atoms with van der Waals surface area (Å²) in [6.07, 6.45) is 0. The quantitative estimate of drug-likeness (QED) is 0.655. The molecule has 144 valence electrons. The average Bonchev–Trinajstić information content (AvgIpc) is 2.64. The van der Waals surface area contributed by atoms with E-state index in [1.54, 1.807) is 24.3 Å². The molecule has 0 bridgehead atoms. The van der Waals surface area contributed by atoms with Crippen LogP contribution in [0.3, 0.4) is 0 Å². The number of ether oxygens (including phenoxy) is 1. The molecule has 0 fully saturated rings. The van der Waals surface area contributed by atoms with Crippen molar-refractivity contribution in [3.63, 3.8) is 0 Å². The van der Waals surface area contributed by atoms with Crippen LogP contribution in [0.15, 0.2) is 42.5 Å². The summed E-state index contributed by atoms with van der Waals surface area (Å²) < 4.78 is 5.61. The highest BCUT2D eigenvalue weighted by molar-refractivity contribution is 5.96. The van der Waals surface area contributed by atoms with Gasteiger partial charge >= 0.3 is 0 Å². The molecule has 0 saturated carbocycles. The van der Waals surface area contributed by atoms with Crippen molar-refractivity contribution >= 4 is 17.5 Å². The van der Waals surface area contributed by atoms with Crippen molar-refractivity contribution in [2.24, 2.45) is 5.92 Å². The lowest BCUT2D eigenvalue weighted by atomic mass is 10.1. The van der Waals surface area contributed by atoms with Gasteiger partial charge in [-0.1, -0.05) is 37.6 Å². The zero-order valence-electron chi connectivity index (χ0n) is 16.3. The first-order valence-electron chi connectivity index (χ1n) is 8.98. The molecule has 2 rings (SSSR count). The number of anilines is 1. The van der Waals surface area contributed by atoms with Gasteiger partial charge in [-0.25, -0.2) is 0 Å². The van der Waals surface area contributed by atoms with E-state index in [0.717, 1.165) is 16.8 Å². The minimum absolute atomic E-state index is 0.0573. The van der Waals surface area contributed by atoms with Crippen molar-refractivity contribution in [3.8, 4) is 5.75 Å². The second kappa shape index (κ2) is 9.62. The Labute approximate surface area is 160 Å². The SMILES string of the molecule is Cc1ccc(NCC(=O)NNC(=O)c2cccc(OCC(C)C)c2)c(C)c1. The molecule has 27 heavy (non-hydrogen) atoms. The Hall–Kier alpha value is -3.02. The summed E-state index contributed by atoms with van der Waals surface area (Å²) in [5.41, 5.74) is 8.35. The highest BCUT2D eigenvalue weighted by Gasteiger charge is 2.09. The van der Waals surface area contributed by atoms with Gasteiger partial charge in [-0.2, -0.15) is 0 Å². The van der Waals surface area contributed by atoms with E-state index in [1.807, 2.05) is 32.0 Å². The van der Waals surface area contributed by atoms with Crippen LogP contribution in [0, 0.1) is 19.8 Å². The molecule has 0 atom stereocenters. The van der Waals surface area contributed by atoms with Gasteiger partial charge in [0.15, 0.2) is 0 Å². The summed E-state index contributed by atoms with van der Waals surface area (Å²) in [4.78, 5) is 24.2. The fraction of sp³-hybridized carbons (Fsp3) is 0.333. The summed E-state index contributed by atoms with van der Waals surface area (Å²) in [7, 11) is 0. The lowest BCUT2D eigenvalue weighted by molar-refractivity contribution is -0.120. The van der Waals surface area contributed by atoms with Crippen molar-refractivity contribution < 1.29 is 14.3 Å². The van der Waals surface area contributed by atoms with E-state index in [2.05, 4.69) is 30.0 Å². The smallest absolute Gasteiger partial charge is 0.269 e. The Kier molecular flexibility index (Phi) is 7.23. The van der Waals surface area contributed by atoms with Gasteiger partial charge in [0.1, 0.15) is 5.75 Å². The molecule has 3 N–H and O–H groups in total. The van der Waals surface area contributed by atoms with E-state index in [1.165, 1.54) is 0 Å². The first kappa shape index (κ1) is 20.3. The zero-order chi connectivity index (χ0) is 19.8. The molecule has 0 aliphatic heterocycles. The maximum Gasteiger partial charge on any atom is 0.269 e. The second-order valence-corrected chi connectivity index (χ2v) is 6.91. The number of benzene rings is 2. The van der Waals surface area contributed by atoms with Crippen LogP contribution in [0.2, 0.25) is 0 Å². The fourth-order valence-electron chi connectivity index (χ4n) is 2.42. The Morgan fingerprint density at radius 3 is 2.52 bits per heavy atom. The van der Waals surface area contributed by atoms with Crippen LogP contribution in [0.5, 0.6) is 5.75 Å². The predicted molar refractivity (Wildman–Crippen MR) is 107 cm³/mol. The molecule has 0 radical (unpaired) electrons. The molecule has 6 nitrogen and oxygen atoms in total. The minimum Gasteiger partial charge on any atom is -0.493 e. The number of carbonyl (C=O) groups excluding carboxylic acids is 2. The predicted octanol–water partition coefficient (Wildman–Crippen LogP) is 3.21. The van der Waals surface area contributed by atoms with Gasteiger partial charge in [0, 0.05) is 11.3 Å². The van der Waals surface area contributed by atoms with E-state index in [4.69, 9.17) is 4.74 Å². The maximum atomic E-state index is 12.2. The van der Waals surface area contributed by atoms with Gasteiger partial charge in [0.05, 0.1) is 13.2 Å². The standard InChI is InChI=1S/C21H27N3O3/c1-14(2)13-27-18-7-5-6-17(11-18)21(26)24-23-20(25)12-22-19-9-8-15(3)10-16(19)4/h5-11,14,22H,12-13H2,1-4H3,(H,23,25)(H,24,26). The van der Waals surface area contributed by atoms with Crippen molar-refractivity contribution in [2.75, 3.05) is 18.5 Å². The molecule has 2 aromatic carbocycles. The van der Waals surface area contributed by atoms with Gasteiger partial charge in [-0.15, -0.1) is 0 Å².